The van der Waals surface area contributed by atoms with Crippen molar-refractivity contribution in [1.82, 2.24) is 0 Å². The molecule has 0 fully saturated rings. The van der Waals surface area contributed by atoms with Crippen molar-refractivity contribution in [3.8, 4) is 0 Å². The predicted molar refractivity (Wildman–Crippen MR) is 48.6 cm³/mol. The van der Waals surface area contributed by atoms with Crippen LogP contribution in [-0.2, 0) is 6.42 Å². The van der Waals surface area contributed by atoms with Crippen LogP contribution in [0, 0.1) is 6.92 Å². The molecule has 0 radical (unpaired) electrons. The highest BCUT2D eigenvalue weighted by Gasteiger charge is 1.87. The average Bonchev–Trinajstić information content (AvgIpc) is 2.01. The molecule has 0 bridgehead atoms. The van der Waals surface area contributed by atoms with E-state index in [4.69, 9.17) is 0 Å². The summed E-state index contributed by atoms with van der Waals surface area (Å²) in [5.41, 5.74) is 5.39. The first-order valence-corrected chi connectivity index (χ1v) is 3.73. The van der Waals surface area contributed by atoms with E-state index >= 15 is 0 Å². The molecule has 0 aliphatic heterocycles. The molecule has 11 heavy (non-hydrogen) atoms. The highest BCUT2D eigenvalue weighted by molar-refractivity contribution is 5.23. The van der Waals surface area contributed by atoms with Gasteiger partial charge in [-0.25, -0.2) is 0 Å². The van der Waals surface area contributed by atoms with Gasteiger partial charge in [0.1, 0.15) is 0 Å². The normalized spacial score (nSPS) is 8.82. The number of hydrogen-bond donors (Lipinski definition) is 0. The van der Waals surface area contributed by atoms with E-state index in [0.29, 0.717) is 0 Å². The lowest BCUT2D eigenvalue weighted by molar-refractivity contribution is 1.25. The van der Waals surface area contributed by atoms with Crippen molar-refractivity contribution < 1.29 is 0 Å². The molecule has 1 rings (SSSR count). The van der Waals surface area contributed by atoms with Crippen LogP contribution >= 0.6 is 0 Å². The van der Waals surface area contributed by atoms with Gasteiger partial charge in [-0.3, -0.25) is 0 Å². The Kier molecular flexibility index (Phi) is 2.71. The Balaban J connectivity index is 2.79. The first-order chi connectivity index (χ1) is 5.33. The molecule has 0 heterocycles. The Labute approximate surface area is 67.9 Å². The van der Waals surface area contributed by atoms with E-state index < -0.39 is 0 Å². The molecule has 0 spiro atoms. The van der Waals surface area contributed by atoms with Gasteiger partial charge in [-0.05, 0) is 25.0 Å². The van der Waals surface area contributed by atoms with Gasteiger partial charge >= 0.3 is 0 Å². The molecule has 1 aromatic rings. The molecule has 0 heteroatoms. The SMILES string of the molecule is C=C=CCc1cccc(C)c1. The van der Waals surface area contributed by atoms with Crippen molar-refractivity contribution in [2.45, 2.75) is 13.3 Å². The topological polar surface area (TPSA) is 0 Å². The Morgan fingerprint density at radius 1 is 1.55 bits per heavy atom. The molecule has 0 aliphatic carbocycles. The van der Waals surface area contributed by atoms with E-state index in [-0.39, 0.29) is 0 Å². The molecule has 0 nitrogen and oxygen atoms in total. The molecule has 0 aromatic heterocycles. The van der Waals surface area contributed by atoms with Crippen LogP contribution < -0.4 is 0 Å². The van der Waals surface area contributed by atoms with Crippen LogP contribution in [0.4, 0.5) is 0 Å². The molecule has 0 saturated carbocycles. The standard InChI is InChI=1S/C11H12/c1-3-4-7-11-8-5-6-10(2)9-11/h4-6,8-9H,1,7H2,2H3. The number of rotatable bonds is 2. The van der Waals surface area contributed by atoms with Crippen molar-refractivity contribution in [1.29, 1.82) is 0 Å². The van der Waals surface area contributed by atoms with Gasteiger partial charge in [0, 0.05) is 0 Å². The van der Waals surface area contributed by atoms with Gasteiger partial charge < -0.3 is 0 Å². The molecule has 0 aliphatic rings. The van der Waals surface area contributed by atoms with Gasteiger partial charge in [0.15, 0.2) is 0 Å². The molecular formula is C11H12. The summed E-state index contributed by atoms with van der Waals surface area (Å²) in [6.07, 6.45) is 2.87. The molecule has 0 atom stereocenters. The zero-order valence-corrected chi connectivity index (χ0v) is 6.80. The number of allylic oxidation sites excluding steroid dienone is 1. The largest absolute Gasteiger partial charge is 0.133 e. The summed E-state index contributed by atoms with van der Waals surface area (Å²) >= 11 is 0. The van der Waals surface area contributed by atoms with Crippen molar-refractivity contribution in [2.24, 2.45) is 0 Å². The van der Waals surface area contributed by atoms with Crippen molar-refractivity contribution in [3.63, 3.8) is 0 Å². The molecule has 0 amide bonds. The second-order valence-corrected chi connectivity index (χ2v) is 2.60. The van der Waals surface area contributed by atoms with Crippen molar-refractivity contribution >= 4 is 0 Å². The van der Waals surface area contributed by atoms with Gasteiger partial charge in [-0.15, -0.1) is 5.73 Å². The van der Waals surface area contributed by atoms with Crippen LogP contribution in [-0.4, -0.2) is 0 Å². The monoisotopic (exact) mass is 144 g/mol. The van der Waals surface area contributed by atoms with E-state index in [0.717, 1.165) is 6.42 Å². The van der Waals surface area contributed by atoms with Gasteiger partial charge in [-0.1, -0.05) is 36.4 Å². The maximum atomic E-state index is 3.52. The molecule has 0 saturated heterocycles. The van der Waals surface area contributed by atoms with E-state index in [1.807, 2.05) is 6.08 Å². The zero-order chi connectivity index (χ0) is 8.10. The second-order valence-electron chi connectivity index (χ2n) is 2.60. The second kappa shape index (κ2) is 3.80. The highest BCUT2D eigenvalue weighted by Crippen LogP contribution is 2.04. The summed E-state index contributed by atoms with van der Waals surface area (Å²) in [5.74, 6) is 0. The fourth-order valence-electron chi connectivity index (χ4n) is 1.03. The summed E-state index contributed by atoms with van der Waals surface area (Å²) in [6, 6.07) is 8.46. The molecule has 0 unspecified atom stereocenters. The van der Waals surface area contributed by atoms with Crippen LogP contribution in [0.5, 0.6) is 0 Å². The minimum Gasteiger partial charge on any atom is -0.133 e. The molecule has 0 N–H and O–H groups in total. The quantitative estimate of drug-likeness (QED) is 0.560. The van der Waals surface area contributed by atoms with E-state index in [1.54, 1.807) is 0 Å². The van der Waals surface area contributed by atoms with Gasteiger partial charge in [0.25, 0.3) is 0 Å². The lowest BCUT2D eigenvalue weighted by Crippen LogP contribution is -1.80. The van der Waals surface area contributed by atoms with Crippen molar-refractivity contribution in [3.05, 3.63) is 53.8 Å². The maximum Gasteiger partial charge on any atom is -0.00214 e. The first kappa shape index (κ1) is 7.84. The van der Waals surface area contributed by atoms with E-state index in [1.165, 1.54) is 11.1 Å². The van der Waals surface area contributed by atoms with Crippen LogP contribution in [0.25, 0.3) is 0 Å². The maximum absolute atomic E-state index is 3.52. The minimum absolute atomic E-state index is 0.936. The third-order valence-electron chi connectivity index (χ3n) is 1.56. The van der Waals surface area contributed by atoms with Crippen LogP contribution in [0.2, 0.25) is 0 Å². The van der Waals surface area contributed by atoms with E-state index in [2.05, 4.69) is 43.5 Å². The Morgan fingerprint density at radius 2 is 2.36 bits per heavy atom. The predicted octanol–water partition coefficient (Wildman–Crippen LogP) is 2.88. The minimum atomic E-state index is 0.936. The third-order valence-corrected chi connectivity index (χ3v) is 1.56. The smallest absolute Gasteiger partial charge is 0.00214 e. The summed E-state index contributed by atoms with van der Waals surface area (Å²) < 4.78 is 0. The lowest BCUT2D eigenvalue weighted by atomic mass is 10.1. The molecular weight excluding hydrogens is 132 g/mol. The molecule has 1 aromatic carbocycles. The first-order valence-electron chi connectivity index (χ1n) is 3.73. The number of hydrogen-bond acceptors (Lipinski definition) is 0. The van der Waals surface area contributed by atoms with Crippen LogP contribution in [0.15, 0.2) is 42.7 Å². The van der Waals surface area contributed by atoms with Crippen molar-refractivity contribution in [2.75, 3.05) is 0 Å². The Bertz CT molecular complexity index is 278. The molecule has 56 valence electrons. The van der Waals surface area contributed by atoms with Gasteiger partial charge in [0.05, 0.1) is 0 Å². The number of aryl methyl sites for hydroxylation is 1. The van der Waals surface area contributed by atoms with E-state index in [9.17, 15) is 0 Å². The van der Waals surface area contributed by atoms with Gasteiger partial charge in [-0.2, -0.15) is 0 Å². The summed E-state index contributed by atoms with van der Waals surface area (Å²) in [5, 5.41) is 0. The highest BCUT2D eigenvalue weighted by atomic mass is 13.9. The summed E-state index contributed by atoms with van der Waals surface area (Å²) in [7, 11) is 0. The van der Waals surface area contributed by atoms with Crippen LogP contribution in [0.3, 0.4) is 0 Å². The van der Waals surface area contributed by atoms with Gasteiger partial charge in [0.2, 0.25) is 0 Å². The Hall–Kier alpha value is -1.26. The zero-order valence-electron chi connectivity index (χ0n) is 6.80. The fraction of sp³-hybridized carbons (Fsp3) is 0.182. The Morgan fingerprint density at radius 3 is 3.00 bits per heavy atom. The average molecular weight is 144 g/mol. The fourth-order valence-corrected chi connectivity index (χ4v) is 1.03. The van der Waals surface area contributed by atoms with Crippen LogP contribution in [0.1, 0.15) is 11.1 Å². The summed E-state index contributed by atoms with van der Waals surface area (Å²) in [6.45, 7) is 5.62. The summed E-state index contributed by atoms with van der Waals surface area (Å²) in [4.78, 5) is 0. The number of benzene rings is 1. The third kappa shape index (κ3) is 2.45. The lowest BCUT2D eigenvalue weighted by Gasteiger charge is -1.96.